The highest BCUT2D eigenvalue weighted by Gasteiger charge is 2.60. The molecule has 1 aliphatic carbocycles. The van der Waals surface area contributed by atoms with E-state index in [0.29, 0.717) is 16.9 Å². The Morgan fingerprint density at radius 2 is 1.61 bits per heavy atom. The summed E-state index contributed by atoms with van der Waals surface area (Å²) in [4.78, 5) is 13.0. The molecule has 1 saturated carbocycles. The van der Waals surface area contributed by atoms with Crippen molar-refractivity contribution in [2.24, 2.45) is 11.8 Å². The quantitative estimate of drug-likeness (QED) is 0.787. The zero-order chi connectivity index (χ0) is 16.6. The third-order valence-electron chi connectivity index (χ3n) is 4.64. The molecule has 3 rings (SSSR count). The average molecular weight is 328 g/mol. The van der Waals surface area contributed by atoms with Gasteiger partial charge in [-0.05, 0) is 25.0 Å². The molecular formula is C19H20O3S. The molecule has 0 spiro atoms. The Hall–Kier alpha value is -1.94. The molecule has 3 nitrogen and oxygen atoms in total. The molecule has 0 saturated heterocycles. The van der Waals surface area contributed by atoms with Crippen molar-refractivity contribution in [3.05, 3.63) is 65.7 Å². The molecule has 3 atom stereocenters. The second-order valence-corrected chi connectivity index (χ2v) is 8.26. The first-order valence-electron chi connectivity index (χ1n) is 7.86. The van der Waals surface area contributed by atoms with Crippen molar-refractivity contribution in [1.29, 1.82) is 0 Å². The molecule has 0 heterocycles. The molecule has 0 aromatic heterocycles. The smallest absolute Gasteiger partial charge is 0.182 e. The fourth-order valence-electron chi connectivity index (χ4n) is 3.28. The second kappa shape index (κ2) is 5.93. The lowest BCUT2D eigenvalue weighted by atomic mass is 10.1. The van der Waals surface area contributed by atoms with Gasteiger partial charge in [-0.2, -0.15) is 0 Å². The maximum Gasteiger partial charge on any atom is 0.182 e. The summed E-state index contributed by atoms with van der Waals surface area (Å²) in [6, 6.07) is 15.8. The molecule has 0 N–H and O–H groups in total. The number of aryl methyl sites for hydroxylation is 1. The Bertz CT molecular complexity index is 807. The zero-order valence-corrected chi connectivity index (χ0v) is 14.1. The SMILES string of the molecule is CC[C@H]1[C@H](C(=O)c2ccccc2)[C@@H]1S(=O)(=O)c1ccc(C)cc1. The van der Waals surface area contributed by atoms with Crippen molar-refractivity contribution in [2.45, 2.75) is 30.4 Å². The van der Waals surface area contributed by atoms with E-state index in [4.69, 9.17) is 0 Å². The van der Waals surface area contributed by atoms with E-state index < -0.39 is 21.0 Å². The second-order valence-electron chi connectivity index (χ2n) is 6.15. The Morgan fingerprint density at radius 1 is 1.00 bits per heavy atom. The highest BCUT2D eigenvalue weighted by molar-refractivity contribution is 7.92. The van der Waals surface area contributed by atoms with E-state index >= 15 is 0 Å². The number of hydrogen-bond donors (Lipinski definition) is 0. The fraction of sp³-hybridized carbons (Fsp3) is 0.316. The molecule has 23 heavy (non-hydrogen) atoms. The Morgan fingerprint density at radius 3 is 2.17 bits per heavy atom. The van der Waals surface area contributed by atoms with Gasteiger partial charge in [0, 0.05) is 11.5 Å². The van der Waals surface area contributed by atoms with Gasteiger partial charge in [0.2, 0.25) is 0 Å². The number of ketones is 1. The van der Waals surface area contributed by atoms with Crippen molar-refractivity contribution in [3.63, 3.8) is 0 Å². The summed E-state index contributed by atoms with van der Waals surface area (Å²) in [6.45, 7) is 3.87. The van der Waals surface area contributed by atoms with E-state index in [-0.39, 0.29) is 11.7 Å². The number of carbonyl (C=O) groups excluding carboxylic acids is 1. The van der Waals surface area contributed by atoms with Crippen molar-refractivity contribution in [1.82, 2.24) is 0 Å². The molecule has 0 amide bonds. The Labute approximate surface area is 137 Å². The third-order valence-corrected chi connectivity index (χ3v) is 6.93. The number of benzene rings is 2. The zero-order valence-electron chi connectivity index (χ0n) is 13.3. The van der Waals surface area contributed by atoms with Crippen LogP contribution in [0.15, 0.2) is 59.5 Å². The minimum absolute atomic E-state index is 0.0573. The van der Waals surface area contributed by atoms with Crippen LogP contribution in [0.1, 0.15) is 29.3 Å². The summed E-state index contributed by atoms with van der Waals surface area (Å²) in [5, 5.41) is -0.595. The summed E-state index contributed by atoms with van der Waals surface area (Å²) in [6.07, 6.45) is 0.693. The average Bonchev–Trinajstić information content (AvgIpc) is 3.31. The first-order chi connectivity index (χ1) is 11.0. The van der Waals surface area contributed by atoms with E-state index in [1.165, 1.54) is 0 Å². The maximum atomic E-state index is 12.9. The molecule has 4 heteroatoms. The van der Waals surface area contributed by atoms with Crippen LogP contribution < -0.4 is 0 Å². The van der Waals surface area contributed by atoms with Gasteiger partial charge in [0.15, 0.2) is 15.6 Å². The van der Waals surface area contributed by atoms with Crippen LogP contribution in [0.25, 0.3) is 0 Å². The molecule has 2 aromatic rings. The van der Waals surface area contributed by atoms with Gasteiger partial charge in [0.1, 0.15) is 0 Å². The summed E-state index contributed by atoms with van der Waals surface area (Å²) >= 11 is 0. The Balaban J connectivity index is 1.90. The number of carbonyl (C=O) groups is 1. The van der Waals surface area contributed by atoms with Gasteiger partial charge < -0.3 is 0 Å². The van der Waals surface area contributed by atoms with E-state index in [0.717, 1.165) is 5.56 Å². The molecule has 0 unspecified atom stereocenters. The lowest BCUT2D eigenvalue weighted by Gasteiger charge is -2.04. The summed E-state index contributed by atoms with van der Waals surface area (Å²) < 4.78 is 25.7. The maximum absolute atomic E-state index is 12.9. The van der Waals surface area contributed by atoms with Crippen LogP contribution in [0.4, 0.5) is 0 Å². The van der Waals surface area contributed by atoms with Crippen molar-refractivity contribution < 1.29 is 13.2 Å². The van der Waals surface area contributed by atoms with Crippen LogP contribution in [-0.4, -0.2) is 19.5 Å². The van der Waals surface area contributed by atoms with Crippen LogP contribution in [0.2, 0.25) is 0 Å². The normalized spacial score (nSPS) is 23.5. The number of rotatable bonds is 5. The number of Topliss-reactive ketones (excluding diaryl/α,β-unsaturated/α-hetero) is 1. The van der Waals surface area contributed by atoms with E-state index in [9.17, 15) is 13.2 Å². The van der Waals surface area contributed by atoms with Crippen LogP contribution in [0, 0.1) is 18.8 Å². The molecular weight excluding hydrogens is 308 g/mol. The van der Waals surface area contributed by atoms with Crippen LogP contribution in [0.5, 0.6) is 0 Å². The first kappa shape index (κ1) is 15.9. The highest BCUT2D eigenvalue weighted by atomic mass is 32.2. The van der Waals surface area contributed by atoms with E-state index in [2.05, 4.69) is 0 Å². The monoisotopic (exact) mass is 328 g/mol. The summed E-state index contributed by atoms with van der Waals surface area (Å²) in [5.74, 6) is -0.569. The molecule has 1 fully saturated rings. The van der Waals surface area contributed by atoms with Gasteiger partial charge in [-0.25, -0.2) is 8.42 Å². The minimum atomic E-state index is -3.47. The first-order valence-corrected chi connectivity index (χ1v) is 9.41. The largest absolute Gasteiger partial charge is 0.294 e. The lowest BCUT2D eigenvalue weighted by molar-refractivity contribution is 0.0961. The molecule has 0 aliphatic heterocycles. The van der Waals surface area contributed by atoms with Crippen LogP contribution >= 0.6 is 0 Å². The molecule has 1 aliphatic rings. The topological polar surface area (TPSA) is 51.2 Å². The van der Waals surface area contributed by atoms with E-state index in [1.54, 1.807) is 48.5 Å². The van der Waals surface area contributed by atoms with E-state index in [1.807, 2.05) is 19.9 Å². The van der Waals surface area contributed by atoms with Gasteiger partial charge in [-0.3, -0.25) is 4.79 Å². The molecule has 0 radical (unpaired) electrons. The summed E-state index contributed by atoms with van der Waals surface area (Å²) in [7, 11) is -3.47. The predicted octanol–water partition coefficient (Wildman–Crippen LogP) is 3.68. The van der Waals surface area contributed by atoms with Gasteiger partial charge in [0.25, 0.3) is 0 Å². The lowest BCUT2D eigenvalue weighted by Crippen LogP contribution is -2.14. The molecule has 2 aromatic carbocycles. The number of hydrogen-bond acceptors (Lipinski definition) is 3. The van der Waals surface area contributed by atoms with Crippen LogP contribution in [0.3, 0.4) is 0 Å². The molecule has 120 valence electrons. The van der Waals surface area contributed by atoms with Crippen molar-refractivity contribution >= 4 is 15.6 Å². The van der Waals surface area contributed by atoms with Gasteiger partial charge in [0.05, 0.1) is 10.1 Å². The summed E-state index contributed by atoms with van der Waals surface area (Å²) in [5.41, 5.74) is 1.61. The van der Waals surface area contributed by atoms with Crippen molar-refractivity contribution in [2.75, 3.05) is 0 Å². The Kier molecular flexibility index (Phi) is 4.11. The van der Waals surface area contributed by atoms with Gasteiger partial charge in [-0.1, -0.05) is 61.4 Å². The number of sulfone groups is 1. The molecule has 0 bridgehead atoms. The van der Waals surface area contributed by atoms with Gasteiger partial charge in [-0.15, -0.1) is 0 Å². The van der Waals surface area contributed by atoms with Crippen LogP contribution in [-0.2, 0) is 9.84 Å². The minimum Gasteiger partial charge on any atom is -0.294 e. The van der Waals surface area contributed by atoms with Gasteiger partial charge >= 0.3 is 0 Å². The highest BCUT2D eigenvalue weighted by Crippen LogP contribution is 2.50. The standard InChI is InChI=1S/C19H20O3S/c1-3-16-17(18(20)14-7-5-4-6-8-14)19(16)23(21,22)15-11-9-13(2)10-12-15/h4-12,16-17,19H,3H2,1-2H3/t16-,17+,19+/m0/s1. The third kappa shape index (κ3) is 2.83. The van der Waals surface area contributed by atoms with Crippen molar-refractivity contribution in [3.8, 4) is 0 Å². The predicted molar refractivity (Wildman–Crippen MR) is 90.2 cm³/mol. The fourth-order valence-corrected chi connectivity index (χ4v) is 5.55.